The normalized spacial score (nSPS) is 23.4. The van der Waals surface area contributed by atoms with E-state index in [2.05, 4.69) is 11.8 Å². The minimum Gasteiger partial charge on any atom is -0.464 e. The van der Waals surface area contributed by atoms with Crippen LogP contribution >= 0.6 is 0 Å². The molecule has 0 radical (unpaired) electrons. The Bertz CT molecular complexity index is 170. The molecule has 0 saturated carbocycles. The second-order valence-corrected chi connectivity index (χ2v) is 3.46. The number of likely N-dealkylation sites (N-methyl/N-ethyl adjacent to an activating group) is 1. The molecule has 0 aliphatic carbocycles. The van der Waals surface area contributed by atoms with E-state index >= 15 is 0 Å². The Hall–Kier alpha value is -0.570. The number of esters is 1. The lowest BCUT2D eigenvalue weighted by Gasteiger charge is -2.21. The standard InChI is InChI=1S/C10H19NO2/c1-3-10(12)13-8-9-6-5-7-11(9)4-2/h9H,3-8H2,1-2H3/t9-/m0/s1. The van der Waals surface area contributed by atoms with Crippen molar-refractivity contribution in [1.82, 2.24) is 4.90 Å². The number of rotatable bonds is 4. The Kier molecular flexibility index (Phi) is 4.22. The van der Waals surface area contributed by atoms with Crippen molar-refractivity contribution >= 4 is 5.97 Å². The van der Waals surface area contributed by atoms with Gasteiger partial charge in [0, 0.05) is 12.5 Å². The third-order valence-corrected chi connectivity index (χ3v) is 2.63. The Morgan fingerprint density at radius 1 is 1.54 bits per heavy atom. The molecule has 1 saturated heterocycles. The molecule has 1 fully saturated rings. The molecule has 1 aliphatic heterocycles. The first-order chi connectivity index (χ1) is 6.27. The summed E-state index contributed by atoms with van der Waals surface area (Å²) >= 11 is 0. The third-order valence-electron chi connectivity index (χ3n) is 2.63. The first-order valence-corrected chi connectivity index (χ1v) is 5.17. The van der Waals surface area contributed by atoms with E-state index in [0.717, 1.165) is 13.1 Å². The molecular weight excluding hydrogens is 166 g/mol. The van der Waals surface area contributed by atoms with Crippen molar-refractivity contribution in [3.05, 3.63) is 0 Å². The van der Waals surface area contributed by atoms with Crippen molar-refractivity contribution < 1.29 is 9.53 Å². The van der Waals surface area contributed by atoms with Gasteiger partial charge in [-0.05, 0) is 25.9 Å². The van der Waals surface area contributed by atoms with Gasteiger partial charge in [0.2, 0.25) is 0 Å². The zero-order chi connectivity index (χ0) is 9.68. The molecule has 0 spiro atoms. The molecule has 0 aromatic carbocycles. The first kappa shape index (κ1) is 10.5. The van der Waals surface area contributed by atoms with Gasteiger partial charge in [0.05, 0.1) is 0 Å². The highest BCUT2D eigenvalue weighted by molar-refractivity contribution is 5.68. The summed E-state index contributed by atoms with van der Waals surface area (Å²) in [5, 5.41) is 0. The van der Waals surface area contributed by atoms with Crippen LogP contribution in [-0.2, 0) is 9.53 Å². The Morgan fingerprint density at radius 3 is 2.92 bits per heavy atom. The van der Waals surface area contributed by atoms with E-state index < -0.39 is 0 Å². The summed E-state index contributed by atoms with van der Waals surface area (Å²) in [6, 6.07) is 0.473. The van der Waals surface area contributed by atoms with Gasteiger partial charge < -0.3 is 4.74 Å². The van der Waals surface area contributed by atoms with Gasteiger partial charge in [-0.15, -0.1) is 0 Å². The smallest absolute Gasteiger partial charge is 0.305 e. The van der Waals surface area contributed by atoms with Crippen LogP contribution in [0.15, 0.2) is 0 Å². The largest absolute Gasteiger partial charge is 0.464 e. The highest BCUT2D eigenvalue weighted by atomic mass is 16.5. The van der Waals surface area contributed by atoms with Gasteiger partial charge in [0.1, 0.15) is 6.61 Å². The van der Waals surface area contributed by atoms with E-state index in [-0.39, 0.29) is 5.97 Å². The molecular formula is C10H19NO2. The Labute approximate surface area is 80.1 Å². The van der Waals surface area contributed by atoms with Crippen LogP contribution in [0.25, 0.3) is 0 Å². The van der Waals surface area contributed by atoms with Crippen molar-refractivity contribution in [2.45, 2.75) is 39.2 Å². The van der Waals surface area contributed by atoms with E-state index in [1.807, 2.05) is 6.92 Å². The summed E-state index contributed by atoms with van der Waals surface area (Å²) in [5.41, 5.74) is 0. The quantitative estimate of drug-likeness (QED) is 0.620. The average molecular weight is 185 g/mol. The number of hydrogen-bond acceptors (Lipinski definition) is 3. The van der Waals surface area contributed by atoms with Crippen molar-refractivity contribution in [2.24, 2.45) is 0 Å². The molecule has 0 aromatic rings. The van der Waals surface area contributed by atoms with Gasteiger partial charge in [-0.1, -0.05) is 13.8 Å². The van der Waals surface area contributed by atoms with E-state index in [0.29, 0.717) is 19.1 Å². The predicted molar refractivity (Wildman–Crippen MR) is 51.5 cm³/mol. The average Bonchev–Trinajstić information content (AvgIpc) is 2.61. The highest BCUT2D eigenvalue weighted by Crippen LogP contribution is 2.16. The van der Waals surface area contributed by atoms with Gasteiger partial charge >= 0.3 is 5.97 Å². The van der Waals surface area contributed by atoms with Crippen molar-refractivity contribution in [3.8, 4) is 0 Å². The molecule has 0 N–H and O–H groups in total. The molecule has 3 heteroatoms. The molecule has 1 heterocycles. The minimum absolute atomic E-state index is 0.0806. The van der Waals surface area contributed by atoms with E-state index in [4.69, 9.17) is 4.74 Å². The number of likely N-dealkylation sites (tertiary alicyclic amines) is 1. The lowest BCUT2D eigenvalue weighted by molar-refractivity contribution is -0.144. The number of nitrogens with zero attached hydrogens (tertiary/aromatic N) is 1. The Morgan fingerprint density at radius 2 is 2.31 bits per heavy atom. The Balaban J connectivity index is 2.23. The molecule has 0 aromatic heterocycles. The number of ether oxygens (including phenoxy) is 1. The van der Waals surface area contributed by atoms with Crippen LogP contribution in [0.2, 0.25) is 0 Å². The zero-order valence-electron chi connectivity index (χ0n) is 8.58. The lowest BCUT2D eigenvalue weighted by Crippen LogP contribution is -2.33. The molecule has 3 nitrogen and oxygen atoms in total. The number of hydrogen-bond donors (Lipinski definition) is 0. The second kappa shape index (κ2) is 5.22. The van der Waals surface area contributed by atoms with Gasteiger partial charge in [-0.3, -0.25) is 9.69 Å². The SMILES string of the molecule is CCC(=O)OC[C@@H]1CCCN1CC. The van der Waals surface area contributed by atoms with Crippen LogP contribution in [0.4, 0.5) is 0 Å². The van der Waals surface area contributed by atoms with Gasteiger partial charge in [0.25, 0.3) is 0 Å². The monoisotopic (exact) mass is 185 g/mol. The number of carbonyl (C=O) groups is 1. The van der Waals surface area contributed by atoms with Gasteiger partial charge in [0.15, 0.2) is 0 Å². The maximum Gasteiger partial charge on any atom is 0.305 e. The molecule has 1 atom stereocenters. The minimum atomic E-state index is -0.0806. The molecule has 1 aliphatic rings. The summed E-state index contributed by atoms with van der Waals surface area (Å²) < 4.78 is 5.13. The second-order valence-electron chi connectivity index (χ2n) is 3.46. The lowest BCUT2D eigenvalue weighted by atomic mass is 10.2. The fourth-order valence-corrected chi connectivity index (χ4v) is 1.79. The maximum atomic E-state index is 10.9. The maximum absolute atomic E-state index is 10.9. The summed E-state index contributed by atoms with van der Waals surface area (Å²) in [7, 11) is 0. The number of carbonyl (C=O) groups excluding carboxylic acids is 1. The van der Waals surface area contributed by atoms with E-state index in [1.54, 1.807) is 0 Å². The van der Waals surface area contributed by atoms with Crippen LogP contribution in [0.3, 0.4) is 0 Å². The van der Waals surface area contributed by atoms with Crippen LogP contribution in [0.1, 0.15) is 33.1 Å². The van der Waals surface area contributed by atoms with E-state index in [1.165, 1.54) is 12.8 Å². The third kappa shape index (κ3) is 2.99. The summed E-state index contributed by atoms with van der Waals surface area (Å²) in [6.45, 7) is 6.79. The van der Waals surface area contributed by atoms with E-state index in [9.17, 15) is 4.79 Å². The topological polar surface area (TPSA) is 29.5 Å². The van der Waals surface area contributed by atoms with Crippen LogP contribution in [0.5, 0.6) is 0 Å². The fraction of sp³-hybridized carbons (Fsp3) is 0.900. The van der Waals surface area contributed by atoms with Crippen LogP contribution < -0.4 is 0 Å². The molecule has 13 heavy (non-hydrogen) atoms. The molecule has 0 amide bonds. The summed E-state index contributed by atoms with van der Waals surface area (Å²) in [6.07, 6.45) is 2.89. The first-order valence-electron chi connectivity index (χ1n) is 5.17. The van der Waals surface area contributed by atoms with Crippen molar-refractivity contribution in [2.75, 3.05) is 19.7 Å². The zero-order valence-corrected chi connectivity index (χ0v) is 8.58. The summed E-state index contributed by atoms with van der Waals surface area (Å²) in [4.78, 5) is 13.3. The van der Waals surface area contributed by atoms with Crippen LogP contribution in [-0.4, -0.2) is 36.6 Å². The van der Waals surface area contributed by atoms with Crippen LogP contribution in [0, 0.1) is 0 Å². The molecule has 76 valence electrons. The van der Waals surface area contributed by atoms with Crippen molar-refractivity contribution in [3.63, 3.8) is 0 Å². The molecule has 0 bridgehead atoms. The van der Waals surface area contributed by atoms with Gasteiger partial charge in [-0.2, -0.15) is 0 Å². The highest BCUT2D eigenvalue weighted by Gasteiger charge is 2.23. The fourth-order valence-electron chi connectivity index (χ4n) is 1.79. The summed E-state index contributed by atoms with van der Waals surface area (Å²) in [5.74, 6) is -0.0806. The van der Waals surface area contributed by atoms with Crippen molar-refractivity contribution in [1.29, 1.82) is 0 Å². The molecule has 0 unspecified atom stereocenters. The molecule has 1 rings (SSSR count). The predicted octanol–water partition coefficient (Wildman–Crippen LogP) is 1.42. The van der Waals surface area contributed by atoms with Gasteiger partial charge in [-0.25, -0.2) is 0 Å².